The first-order chi connectivity index (χ1) is 6.13. The van der Waals surface area contributed by atoms with Crippen LogP contribution in [0.2, 0.25) is 0 Å². The van der Waals surface area contributed by atoms with Crippen LogP contribution >= 0.6 is 0 Å². The second-order valence-corrected chi connectivity index (χ2v) is 2.84. The molecule has 5 heteroatoms. The number of hydrogen-bond acceptors (Lipinski definition) is 2. The molecule has 5 nitrogen and oxygen atoms in total. The van der Waals surface area contributed by atoms with Gasteiger partial charge in [-0.1, -0.05) is 6.92 Å². The summed E-state index contributed by atoms with van der Waals surface area (Å²) in [5, 5.41) is 5.19. The zero-order valence-electron chi connectivity index (χ0n) is 7.76. The lowest BCUT2D eigenvalue weighted by Crippen LogP contribution is -2.24. The molecule has 1 amide bonds. The van der Waals surface area contributed by atoms with Crippen LogP contribution < -0.4 is 10.9 Å². The van der Waals surface area contributed by atoms with Gasteiger partial charge in [-0.05, 0) is 0 Å². The van der Waals surface area contributed by atoms with E-state index in [4.69, 9.17) is 0 Å². The van der Waals surface area contributed by atoms with E-state index in [2.05, 4.69) is 10.4 Å². The maximum atomic E-state index is 11.1. The summed E-state index contributed by atoms with van der Waals surface area (Å²) in [6, 6.07) is 0. The number of hydrogen-bond donors (Lipinski definition) is 2. The summed E-state index contributed by atoms with van der Waals surface area (Å²) >= 11 is 0. The van der Waals surface area contributed by atoms with Crippen molar-refractivity contribution in [2.24, 2.45) is 7.05 Å². The smallest absolute Gasteiger partial charge is 0.269 e. The van der Waals surface area contributed by atoms with Gasteiger partial charge in [0.05, 0.1) is 5.56 Å². The first-order valence-electron chi connectivity index (χ1n) is 4.14. The average Bonchev–Trinajstić information content (AvgIpc) is 2.41. The number of H-pyrrole nitrogens is 1. The van der Waals surface area contributed by atoms with Crippen LogP contribution in [0.1, 0.15) is 18.9 Å². The molecule has 0 aromatic carbocycles. The Hall–Kier alpha value is -1.52. The number of nitrogens with zero attached hydrogens (tertiary/aromatic N) is 1. The van der Waals surface area contributed by atoms with E-state index in [0.717, 1.165) is 0 Å². The predicted octanol–water partition coefficient (Wildman–Crippen LogP) is -0.260. The van der Waals surface area contributed by atoms with E-state index < -0.39 is 0 Å². The lowest BCUT2D eigenvalue weighted by Gasteiger charge is -1.98. The zero-order chi connectivity index (χ0) is 9.84. The Bertz CT molecular complexity index is 351. The van der Waals surface area contributed by atoms with E-state index >= 15 is 0 Å². The van der Waals surface area contributed by atoms with E-state index in [-0.39, 0.29) is 11.5 Å². The lowest BCUT2D eigenvalue weighted by atomic mass is 10.3. The van der Waals surface area contributed by atoms with Crippen LogP contribution in [0.5, 0.6) is 0 Å². The molecule has 13 heavy (non-hydrogen) atoms. The van der Waals surface area contributed by atoms with Gasteiger partial charge in [-0.3, -0.25) is 19.4 Å². The standard InChI is InChI=1S/C8H13N3O2/c1-3-7(12)9-4-6-5-11(2)10-8(6)13/h5H,3-4H2,1-2H3,(H,9,12)(H,10,13). The average molecular weight is 183 g/mol. The monoisotopic (exact) mass is 183 g/mol. The largest absolute Gasteiger partial charge is 0.352 e. The molecule has 1 rings (SSSR count). The molecule has 72 valence electrons. The second kappa shape index (κ2) is 3.93. The Morgan fingerprint density at radius 1 is 1.69 bits per heavy atom. The van der Waals surface area contributed by atoms with Crippen molar-refractivity contribution < 1.29 is 4.79 Å². The Balaban J connectivity index is 2.59. The first kappa shape index (κ1) is 9.57. The van der Waals surface area contributed by atoms with Crippen LogP contribution in [0, 0.1) is 0 Å². The van der Waals surface area contributed by atoms with Crippen molar-refractivity contribution in [1.82, 2.24) is 15.1 Å². The van der Waals surface area contributed by atoms with E-state index in [9.17, 15) is 9.59 Å². The van der Waals surface area contributed by atoms with Gasteiger partial charge in [-0.15, -0.1) is 0 Å². The molecule has 0 saturated heterocycles. The summed E-state index contributed by atoms with van der Waals surface area (Å²) < 4.78 is 1.57. The van der Waals surface area contributed by atoms with Gasteiger partial charge >= 0.3 is 0 Å². The van der Waals surface area contributed by atoms with Crippen molar-refractivity contribution in [3.05, 3.63) is 22.1 Å². The van der Waals surface area contributed by atoms with Gasteiger partial charge in [0.25, 0.3) is 5.56 Å². The van der Waals surface area contributed by atoms with Gasteiger partial charge in [0.15, 0.2) is 0 Å². The second-order valence-electron chi connectivity index (χ2n) is 2.84. The Morgan fingerprint density at radius 2 is 2.38 bits per heavy atom. The van der Waals surface area contributed by atoms with Gasteiger partial charge in [0.1, 0.15) is 0 Å². The van der Waals surface area contributed by atoms with Crippen LogP contribution in [0.15, 0.2) is 11.0 Å². The molecule has 0 spiro atoms. The molecule has 1 aromatic rings. The molecule has 0 unspecified atom stereocenters. The summed E-state index contributed by atoms with van der Waals surface area (Å²) in [6.07, 6.45) is 2.10. The van der Waals surface area contributed by atoms with Crippen molar-refractivity contribution in [2.45, 2.75) is 19.9 Å². The Morgan fingerprint density at radius 3 is 2.85 bits per heavy atom. The van der Waals surface area contributed by atoms with Crippen molar-refractivity contribution in [3.63, 3.8) is 0 Å². The molecule has 1 heterocycles. The van der Waals surface area contributed by atoms with Crippen molar-refractivity contribution in [2.75, 3.05) is 0 Å². The fourth-order valence-electron chi connectivity index (χ4n) is 1.00. The Kier molecular flexibility index (Phi) is 2.89. The van der Waals surface area contributed by atoms with E-state index in [1.165, 1.54) is 0 Å². The molecule has 0 atom stereocenters. The number of aromatic nitrogens is 2. The highest BCUT2D eigenvalue weighted by Gasteiger charge is 2.03. The maximum Gasteiger partial charge on any atom is 0.269 e. The third kappa shape index (κ3) is 2.47. The number of aryl methyl sites for hydroxylation is 1. The van der Waals surface area contributed by atoms with Gasteiger partial charge in [0, 0.05) is 26.2 Å². The quantitative estimate of drug-likeness (QED) is 0.678. The normalized spacial score (nSPS) is 10.0. The molecular weight excluding hydrogens is 170 g/mol. The highest BCUT2D eigenvalue weighted by Crippen LogP contribution is 1.88. The predicted molar refractivity (Wildman–Crippen MR) is 48.2 cm³/mol. The molecule has 2 N–H and O–H groups in total. The number of carbonyl (C=O) groups excluding carboxylic acids is 1. The van der Waals surface area contributed by atoms with Gasteiger partial charge in [-0.25, -0.2) is 0 Å². The van der Waals surface area contributed by atoms with Crippen LogP contribution in [-0.4, -0.2) is 15.7 Å². The minimum absolute atomic E-state index is 0.0525. The molecule has 0 bridgehead atoms. The zero-order valence-corrected chi connectivity index (χ0v) is 7.76. The van der Waals surface area contributed by atoms with Gasteiger partial charge in [-0.2, -0.15) is 0 Å². The fourth-order valence-corrected chi connectivity index (χ4v) is 1.00. The molecule has 0 aliphatic rings. The van der Waals surface area contributed by atoms with E-state index in [1.54, 1.807) is 24.9 Å². The fraction of sp³-hybridized carbons (Fsp3) is 0.500. The highest BCUT2D eigenvalue weighted by molar-refractivity contribution is 5.75. The van der Waals surface area contributed by atoms with Crippen LogP contribution in [0.25, 0.3) is 0 Å². The molecule has 0 fully saturated rings. The number of nitrogens with one attached hydrogen (secondary N) is 2. The van der Waals surface area contributed by atoms with Gasteiger partial charge < -0.3 is 5.32 Å². The van der Waals surface area contributed by atoms with Gasteiger partial charge in [0.2, 0.25) is 5.91 Å². The van der Waals surface area contributed by atoms with Crippen LogP contribution in [-0.2, 0) is 18.4 Å². The topological polar surface area (TPSA) is 66.9 Å². The molecule has 0 radical (unpaired) electrons. The number of aromatic amines is 1. The van der Waals surface area contributed by atoms with Crippen molar-refractivity contribution >= 4 is 5.91 Å². The minimum Gasteiger partial charge on any atom is -0.352 e. The highest BCUT2D eigenvalue weighted by atomic mass is 16.1. The van der Waals surface area contributed by atoms with E-state index in [0.29, 0.717) is 18.5 Å². The molecular formula is C8H13N3O2. The molecule has 1 aromatic heterocycles. The summed E-state index contributed by atoms with van der Waals surface area (Å²) in [7, 11) is 1.73. The molecule has 0 saturated carbocycles. The van der Waals surface area contributed by atoms with Crippen LogP contribution in [0.4, 0.5) is 0 Å². The maximum absolute atomic E-state index is 11.1. The van der Waals surface area contributed by atoms with Crippen LogP contribution in [0.3, 0.4) is 0 Å². The Labute approximate surface area is 75.7 Å². The molecule has 0 aliphatic heterocycles. The third-order valence-corrected chi connectivity index (χ3v) is 1.72. The van der Waals surface area contributed by atoms with Crippen molar-refractivity contribution in [1.29, 1.82) is 0 Å². The minimum atomic E-state index is -0.154. The third-order valence-electron chi connectivity index (χ3n) is 1.72. The number of amides is 1. The SMILES string of the molecule is CCC(=O)NCc1cn(C)[nH]c1=O. The van der Waals surface area contributed by atoms with E-state index in [1.807, 2.05) is 0 Å². The summed E-state index contributed by atoms with van der Waals surface area (Å²) in [5.74, 6) is -0.0525. The first-order valence-corrected chi connectivity index (χ1v) is 4.14. The number of rotatable bonds is 3. The summed E-state index contributed by atoms with van der Waals surface area (Å²) in [5.41, 5.74) is 0.420. The number of carbonyl (C=O) groups is 1. The summed E-state index contributed by atoms with van der Waals surface area (Å²) in [4.78, 5) is 22.0. The molecule has 0 aliphatic carbocycles. The lowest BCUT2D eigenvalue weighted by molar-refractivity contribution is -0.120. The van der Waals surface area contributed by atoms with Crippen molar-refractivity contribution in [3.8, 4) is 0 Å². The summed E-state index contributed by atoms with van der Waals surface area (Å²) in [6.45, 7) is 2.06.